The van der Waals surface area contributed by atoms with Crippen LogP contribution in [0.4, 0.5) is 0 Å². The number of aldehydes is 1. The number of hydrogen-bond acceptors (Lipinski definition) is 4. The fraction of sp³-hybridized carbons (Fsp3) is 0.667. The van der Waals surface area contributed by atoms with Crippen LogP contribution in [0.2, 0.25) is 0 Å². The van der Waals surface area contributed by atoms with E-state index in [2.05, 4.69) is 17.9 Å². The number of carboxylic acids is 1. The average Bonchev–Trinajstić information content (AvgIpc) is 2.16. The van der Waals surface area contributed by atoms with Gasteiger partial charge in [-0.1, -0.05) is 6.92 Å². The van der Waals surface area contributed by atoms with Crippen LogP contribution in [-0.2, 0) is 14.4 Å². The summed E-state index contributed by atoms with van der Waals surface area (Å²) in [7, 11) is 0. The van der Waals surface area contributed by atoms with Gasteiger partial charge in [-0.25, -0.2) is 4.79 Å². The number of thiol groups is 1. The van der Waals surface area contributed by atoms with Gasteiger partial charge in [-0.15, -0.1) is 0 Å². The highest BCUT2D eigenvalue weighted by molar-refractivity contribution is 7.80. The van der Waals surface area contributed by atoms with Crippen molar-refractivity contribution in [3.8, 4) is 0 Å². The highest BCUT2D eigenvalue weighted by Crippen LogP contribution is 2.21. The van der Waals surface area contributed by atoms with E-state index in [9.17, 15) is 14.4 Å². The third-order valence-electron chi connectivity index (χ3n) is 2.27. The number of nitrogens with one attached hydrogen (secondary N) is 1. The van der Waals surface area contributed by atoms with Crippen LogP contribution in [-0.4, -0.2) is 34.6 Å². The van der Waals surface area contributed by atoms with E-state index in [1.54, 1.807) is 6.92 Å². The molecule has 15 heavy (non-hydrogen) atoms. The molecule has 86 valence electrons. The fourth-order valence-electron chi connectivity index (χ4n) is 1.40. The van der Waals surface area contributed by atoms with Gasteiger partial charge in [-0.3, -0.25) is 4.79 Å². The van der Waals surface area contributed by atoms with Crippen LogP contribution in [0.3, 0.4) is 0 Å². The predicted octanol–water partition coefficient (Wildman–Crippen LogP) is 0.101. The summed E-state index contributed by atoms with van der Waals surface area (Å²) in [6.07, 6.45) is 0.872. The summed E-state index contributed by atoms with van der Waals surface area (Å²) < 4.78 is 0. The van der Waals surface area contributed by atoms with E-state index >= 15 is 0 Å². The minimum atomic E-state index is -1.61. The quantitative estimate of drug-likeness (QED) is 0.449. The number of aliphatic carboxylic acids is 1. The molecule has 2 atom stereocenters. The van der Waals surface area contributed by atoms with Crippen LogP contribution in [0.5, 0.6) is 0 Å². The Hall–Kier alpha value is -1.04. The fourth-order valence-corrected chi connectivity index (χ4v) is 1.85. The van der Waals surface area contributed by atoms with Crippen molar-refractivity contribution in [1.29, 1.82) is 0 Å². The lowest BCUT2D eigenvalue weighted by atomic mass is 9.84. The molecule has 0 aliphatic carbocycles. The zero-order valence-electron chi connectivity index (χ0n) is 8.69. The molecule has 0 rings (SSSR count). The number of rotatable bonds is 6. The van der Waals surface area contributed by atoms with Crippen LogP contribution < -0.4 is 5.32 Å². The van der Waals surface area contributed by atoms with Gasteiger partial charge in [0.15, 0.2) is 5.54 Å². The molecule has 0 radical (unpaired) electrons. The lowest BCUT2D eigenvalue weighted by Gasteiger charge is -2.32. The second-order valence-electron chi connectivity index (χ2n) is 3.27. The van der Waals surface area contributed by atoms with E-state index in [0.29, 0.717) is 12.7 Å². The molecule has 5 nitrogen and oxygen atoms in total. The normalized spacial score (nSPS) is 16.2. The Kier molecular flexibility index (Phi) is 5.35. The van der Waals surface area contributed by atoms with Crippen LogP contribution in [0.15, 0.2) is 0 Å². The van der Waals surface area contributed by atoms with Crippen molar-refractivity contribution in [1.82, 2.24) is 5.32 Å². The second-order valence-corrected chi connectivity index (χ2v) is 3.58. The van der Waals surface area contributed by atoms with Crippen molar-refractivity contribution in [3.63, 3.8) is 0 Å². The van der Waals surface area contributed by atoms with Crippen molar-refractivity contribution in [2.24, 2.45) is 5.92 Å². The van der Waals surface area contributed by atoms with Gasteiger partial charge < -0.3 is 15.2 Å². The Morgan fingerprint density at radius 2 is 2.13 bits per heavy atom. The molecule has 6 heteroatoms. The van der Waals surface area contributed by atoms with Gasteiger partial charge >= 0.3 is 5.97 Å². The number of carboxylic acid groups (broad SMARTS) is 1. The number of carbonyl (C=O) groups excluding carboxylic acids is 2. The van der Waals surface area contributed by atoms with Crippen LogP contribution >= 0.6 is 12.6 Å². The smallest absolute Gasteiger partial charge is 0.331 e. The SMILES string of the molecule is CCC(C=O)[C@@](CS)(NC(C)=O)C(=O)O. The van der Waals surface area contributed by atoms with E-state index in [1.807, 2.05) is 0 Å². The summed E-state index contributed by atoms with van der Waals surface area (Å²) in [5.41, 5.74) is -1.61. The maximum Gasteiger partial charge on any atom is 0.331 e. The maximum atomic E-state index is 11.1. The molecule has 0 aromatic rings. The Morgan fingerprint density at radius 1 is 1.60 bits per heavy atom. The first-order valence-corrected chi connectivity index (χ1v) is 5.16. The van der Waals surface area contributed by atoms with Gasteiger partial charge in [0.25, 0.3) is 0 Å². The highest BCUT2D eigenvalue weighted by atomic mass is 32.1. The molecule has 0 aliphatic heterocycles. The van der Waals surface area contributed by atoms with Crippen LogP contribution in [0, 0.1) is 5.92 Å². The van der Waals surface area contributed by atoms with Crippen molar-refractivity contribution >= 4 is 30.8 Å². The molecule has 0 aliphatic rings. The molecule has 0 saturated heterocycles. The van der Waals surface area contributed by atoms with Gasteiger partial charge in [0.1, 0.15) is 6.29 Å². The molecule has 0 aromatic carbocycles. The first kappa shape index (κ1) is 14.0. The largest absolute Gasteiger partial charge is 0.479 e. The Bertz CT molecular complexity index is 269. The van der Waals surface area contributed by atoms with Gasteiger partial charge in [0.05, 0.1) is 0 Å². The molecule has 1 unspecified atom stereocenters. The zero-order valence-corrected chi connectivity index (χ0v) is 9.58. The van der Waals surface area contributed by atoms with Crippen molar-refractivity contribution < 1.29 is 19.5 Å². The maximum absolute atomic E-state index is 11.1. The minimum Gasteiger partial charge on any atom is -0.479 e. The lowest BCUT2D eigenvalue weighted by Crippen LogP contribution is -2.61. The Balaban J connectivity index is 5.20. The zero-order chi connectivity index (χ0) is 12.1. The average molecular weight is 233 g/mol. The molecule has 0 heterocycles. The molecule has 0 saturated carbocycles. The molecular weight excluding hydrogens is 218 g/mol. The summed E-state index contributed by atoms with van der Waals surface area (Å²) >= 11 is 3.91. The lowest BCUT2D eigenvalue weighted by molar-refractivity contribution is -0.150. The van der Waals surface area contributed by atoms with Gasteiger partial charge in [0.2, 0.25) is 5.91 Å². The van der Waals surface area contributed by atoms with Crippen LogP contribution in [0.1, 0.15) is 20.3 Å². The highest BCUT2D eigenvalue weighted by Gasteiger charge is 2.44. The number of carbonyl (C=O) groups is 3. The Morgan fingerprint density at radius 3 is 2.33 bits per heavy atom. The summed E-state index contributed by atoms with van der Waals surface area (Å²) in [4.78, 5) is 32.8. The first-order valence-electron chi connectivity index (χ1n) is 4.52. The summed E-state index contributed by atoms with van der Waals surface area (Å²) in [5.74, 6) is -2.64. The van der Waals surface area contributed by atoms with E-state index in [1.165, 1.54) is 6.92 Å². The molecule has 0 fully saturated rings. The van der Waals surface area contributed by atoms with Crippen LogP contribution in [0.25, 0.3) is 0 Å². The molecule has 0 spiro atoms. The monoisotopic (exact) mass is 233 g/mol. The number of hydrogen-bond donors (Lipinski definition) is 3. The van der Waals surface area contributed by atoms with Crippen molar-refractivity contribution in [3.05, 3.63) is 0 Å². The topological polar surface area (TPSA) is 83.5 Å². The molecule has 1 amide bonds. The molecular formula is C9H15NO4S. The van der Waals surface area contributed by atoms with Crippen molar-refractivity contribution in [2.75, 3.05) is 5.75 Å². The summed E-state index contributed by atoms with van der Waals surface area (Å²) in [5, 5.41) is 11.4. The third kappa shape index (κ3) is 2.95. The molecule has 2 N–H and O–H groups in total. The standard InChI is InChI=1S/C9H15NO4S/c1-3-7(4-11)9(5-15,8(13)14)10-6(2)12/h4,7,15H,3,5H2,1-2H3,(H,10,12)(H,13,14)/t7?,9-/m1/s1. The third-order valence-corrected chi connectivity index (χ3v) is 2.77. The van der Waals surface area contributed by atoms with E-state index < -0.39 is 23.3 Å². The second kappa shape index (κ2) is 5.75. The van der Waals surface area contributed by atoms with Crippen molar-refractivity contribution in [2.45, 2.75) is 25.8 Å². The predicted molar refractivity (Wildman–Crippen MR) is 57.9 cm³/mol. The van der Waals surface area contributed by atoms with E-state index in [0.717, 1.165) is 0 Å². The summed E-state index contributed by atoms with van der Waals surface area (Å²) in [6, 6.07) is 0. The van der Waals surface area contributed by atoms with Gasteiger partial charge in [0, 0.05) is 18.6 Å². The first-order chi connectivity index (χ1) is 6.94. The van der Waals surface area contributed by atoms with Gasteiger partial charge in [-0.2, -0.15) is 12.6 Å². The van der Waals surface area contributed by atoms with E-state index in [4.69, 9.17) is 5.11 Å². The number of amides is 1. The minimum absolute atomic E-state index is 0.126. The Labute approximate surface area is 93.6 Å². The van der Waals surface area contributed by atoms with E-state index in [-0.39, 0.29) is 5.75 Å². The summed E-state index contributed by atoms with van der Waals surface area (Å²) in [6.45, 7) is 2.89. The van der Waals surface area contributed by atoms with Gasteiger partial charge in [-0.05, 0) is 6.42 Å². The molecule has 0 aromatic heterocycles. The molecule has 0 bridgehead atoms.